The number of hydrogen-bond donors (Lipinski definition) is 1. The summed E-state index contributed by atoms with van der Waals surface area (Å²) >= 11 is 2.09. The molecule has 106 valence electrons. The molecule has 0 unspecified atom stereocenters. The molecule has 0 aromatic carbocycles. The first-order valence-corrected chi connectivity index (χ1v) is 8.14. The predicted molar refractivity (Wildman–Crippen MR) is 83.3 cm³/mol. The predicted octanol–water partition coefficient (Wildman–Crippen LogP) is 3.13. The van der Waals surface area contributed by atoms with Crippen molar-refractivity contribution >= 4 is 22.6 Å². The normalized spacial score (nSPS) is 17.8. The fourth-order valence-electron chi connectivity index (χ4n) is 2.80. The second-order valence-corrected chi connectivity index (χ2v) is 6.14. The molecule has 19 heavy (non-hydrogen) atoms. The van der Waals surface area contributed by atoms with Gasteiger partial charge in [-0.2, -0.15) is 0 Å². The lowest BCUT2D eigenvalue weighted by molar-refractivity contribution is -0.0460. The Kier molecular flexibility index (Phi) is 5.00. The molecular weight excluding hydrogens is 355 g/mol. The van der Waals surface area contributed by atoms with Gasteiger partial charge in [0.25, 0.3) is 5.56 Å². The lowest BCUT2D eigenvalue weighted by atomic mass is 10.0. The van der Waals surface area contributed by atoms with Crippen molar-refractivity contribution in [2.75, 3.05) is 6.61 Å². The minimum absolute atomic E-state index is 0.0278. The first kappa shape index (κ1) is 15.0. The number of nitrogens with one attached hydrogen (secondary N) is 1. The molecule has 1 N–H and O–H groups in total. The van der Waals surface area contributed by atoms with Crippen molar-refractivity contribution in [1.82, 2.24) is 9.97 Å². The minimum Gasteiger partial charge on any atom is -0.367 e. The molecule has 2 rings (SSSR count). The smallest absolute Gasteiger partial charge is 0.264 e. The maximum absolute atomic E-state index is 12.1. The second-order valence-electron chi connectivity index (χ2n) is 5.06. The lowest BCUT2D eigenvalue weighted by Crippen LogP contribution is -2.33. The van der Waals surface area contributed by atoms with Gasteiger partial charge >= 0.3 is 0 Å². The molecule has 0 atom stereocenters. The number of nitrogens with zero attached hydrogens (tertiary/aromatic N) is 1. The second kappa shape index (κ2) is 6.35. The number of halogens is 1. The third kappa shape index (κ3) is 3.02. The molecular formula is C14H21IN2O2. The van der Waals surface area contributed by atoms with Gasteiger partial charge in [-0.1, -0.05) is 13.3 Å². The van der Waals surface area contributed by atoms with Gasteiger partial charge in [0.15, 0.2) is 0 Å². The number of hydrogen-bond acceptors (Lipinski definition) is 3. The molecule has 1 fully saturated rings. The first-order chi connectivity index (χ1) is 9.13. The molecule has 1 aromatic rings. The Hall–Kier alpha value is -0.430. The highest BCUT2D eigenvalue weighted by atomic mass is 127. The van der Waals surface area contributed by atoms with Crippen molar-refractivity contribution in [3.05, 3.63) is 25.4 Å². The van der Waals surface area contributed by atoms with Crippen LogP contribution >= 0.6 is 22.6 Å². The number of aromatic amines is 1. The van der Waals surface area contributed by atoms with Gasteiger partial charge in [-0.25, -0.2) is 4.98 Å². The van der Waals surface area contributed by atoms with E-state index in [-0.39, 0.29) is 11.2 Å². The van der Waals surface area contributed by atoms with Crippen molar-refractivity contribution in [3.8, 4) is 0 Å². The van der Waals surface area contributed by atoms with Gasteiger partial charge in [0.1, 0.15) is 11.4 Å². The Balaban J connectivity index is 2.45. The summed E-state index contributed by atoms with van der Waals surface area (Å²) in [6.07, 6.45) is 6.02. The molecule has 0 bridgehead atoms. The number of H-pyrrole nitrogens is 1. The summed E-state index contributed by atoms with van der Waals surface area (Å²) in [5.41, 5.74) is 0.522. The van der Waals surface area contributed by atoms with E-state index >= 15 is 0 Å². The van der Waals surface area contributed by atoms with Crippen LogP contribution in [0, 0.1) is 3.57 Å². The van der Waals surface area contributed by atoms with Gasteiger partial charge in [-0.15, -0.1) is 0 Å². The highest BCUT2D eigenvalue weighted by molar-refractivity contribution is 14.1. The summed E-state index contributed by atoms with van der Waals surface area (Å²) in [6, 6.07) is 0. The summed E-state index contributed by atoms with van der Waals surface area (Å²) in [6.45, 7) is 4.75. The number of aryl methyl sites for hydroxylation is 1. The van der Waals surface area contributed by atoms with Gasteiger partial charge in [-0.3, -0.25) is 4.79 Å². The van der Waals surface area contributed by atoms with E-state index in [2.05, 4.69) is 34.5 Å². The highest BCUT2D eigenvalue weighted by Gasteiger charge is 2.39. The van der Waals surface area contributed by atoms with Crippen LogP contribution in [0.1, 0.15) is 57.5 Å². The van der Waals surface area contributed by atoms with Crippen LogP contribution < -0.4 is 5.56 Å². The van der Waals surface area contributed by atoms with Crippen LogP contribution in [-0.4, -0.2) is 16.6 Å². The van der Waals surface area contributed by atoms with E-state index < -0.39 is 0 Å². The zero-order chi connectivity index (χ0) is 13.9. The molecule has 4 nitrogen and oxygen atoms in total. The molecule has 0 saturated heterocycles. The highest BCUT2D eigenvalue weighted by Crippen LogP contribution is 2.40. The molecule has 0 radical (unpaired) electrons. The van der Waals surface area contributed by atoms with Crippen LogP contribution in [0.5, 0.6) is 0 Å². The standard InChI is InChI=1S/C14H21IN2O2/c1-3-7-10-11(15)12(18)17-13(16-10)14(19-4-2)8-5-6-9-14/h3-9H2,1-2H3,(H,16,17,18). The van der Waals surface area contributed by atoms with Crippen LogP contribution in [0.4, 0.5) is 0 Å². The van der Waals surface area contributed by atoms with Crippen molar-refractivity contribution in [2.45, 2.75) is 58.0 Å². The first-order valence-electron chi connectivity index (χ1n) is 7.06. The largest absolute Gasteiger partial charge is 0.367 e. The van der Waals surface area contributed by atoms with E-state index in [0.717, 1.165) is 50.0 Å². The summed E-state index contributed by atoms with van der Waals surface area (Å²) in [5.74, 6) is 0.737. The van der Waals surface area contributed by atoms with Gasteiger partial charge in [0, 0.05) is 6.61 Å². The molecule has 5 heteroatoms. The maximum Gasteiger partial charge on any atom is 0.264 e. The maximum atomic E-state index is 12.1. The van der Waals surface area contributed by atoms with E-state index in [0.29, 0.717) is 10.2 Å². The topological polar surface area (TPSA) is 55.0 Å². The van der Waals surface area contributed by atoms with Crippen LogP contribution in [0.3, 0.4) is 0 Å². The lowest BCUT2D eigenvalue weighted by Gasteiger charge is -2.28. The molecule has 0 amide bonds. The van der Waals surface area contributed by atoms with Crippen LogP contribution in [-0.2, 0) is 16.8 Å². The monoisotopic (exact) mass is 376 g/mol. The molecule has 1 saturated carbocycles. The zero-order valence-corrected chi connectivity index (χ0v) is 13.7. The van der Waals surface area contributed by atoms with Crippen LogP contribution in [0.25, 0.3) is 0 Å². The van der Waals surface area contributed by atoms with Gasteiger partial charge in [0.05, 0.1) is 9.26 Å². The molecule has 0 spiro atoms. The summed E-state index contributed by atoms with van der Waals surface area (Å²) in [4.78, 5) is 19.7. The average Bonchev–Trinajstić information content (AvgIpc) is 2.85. The van der Waals surface area contributed by atoms with Crippen LogP contribution in [0.2, 0.25) is 0 Å². The molecule has 1 heterocycles. The van der Waals surface area contributed by atoms with Crippen molar-refractivity contribution in [3.63, 3.8) is 0 Å². The Morgan fingerprint density at radius 1 is 1.37 bits per heavy atom. The molecule has 1 aliphatic rings. The van der Waals surface area contributed by atoms with E-state index in [1.54, 1.807) is 0 Å². The fraction of sp³-hybridized carbons (Fsp3) is 0.714. The quantitative estimate of drug-likeness (QED) is 0.804. The zero-order valence-electron chi connectivity index (χ0n) is 11.6. The number of ether oxygens (including phenoxy) is 1. The van der Waals surface area contributed by atoms with Crippen LogP contribution in [0.15, 0.2) is 4.79 Å². The van der Waals surface area contributed by atoms with Crippen molar-refractivity contribution in [1.29, 1.82) is 0 Å². The van der Waals surface area contributed by atoms with E-state index in [4.69, 9.17) is 9.72 Å². The Labute approximate surface area is 127 Å². The number of aromatic nitrogens is 2. The third-order valence-electron chi connectivity index (χ3n) is 3.68. The van der Waals surface area contributed by atoms with E-state index in [9.17, 15) is 4.79 Å². The van der Waals surface area contributed by atoms with Gasteiger partial charge < -0.3 is 9.72 Å². The molecule has 1 aliphatic carbocycles. The SMILES string of the molecule is CCCc1nc(C2(OCC)CCCC2)[nH]c(=O)c1I. The van der Waals surface area contributed by atoms with Crippen molar-refractivity contribution in [2.24, 2.45) is 0 Å². The Morgan fingerprint density at radius 3 is 2.63 bits per heavy atom. The van der Waals surface area contributed by atoms with E-state index in [1.807, 2.05) is 6.92 Å². The van der Waals surface area contributed by atoms with Gasteiger partial charge in [0.2, 0.25) is 0 Å². The summed E-state index contributed by atoms with van der Waals surface area (Å²) in [5, 5.41) is 0. The number of rotatable bonds is 5. The summed E-state index contributed by atoms with van der Waals surface area (Å²) in [7, 11) is 0. The van der Waals surface area contributed by atoms with Gasteiger partial charge in [-0.05, 0) is 61.6 Å². The van der Waals surface area contributed by atoms with E-state index in [1.165, 1.54) is 0 Å². The summed E-state index contributed by atoms with van der Waals surface area (Å²) < 4.78 is 6.69. The Morgan fingerprint density at radius 2 is 2.05 bits per heavy atom. The minimum atomic E-state index is -0.360. The third-order valence-corrected chi connectivity index (χ3v) is 4.79. The molecule has 1 aromatic heterocycles. The molecule has 0 aliphatic heterocycles. The van der Waals surface area contributed by atoms with Crippen molar-refractivity contribution < 1.29 is 4.74 Å². The average molecular weight is 376 g/mol. The fourth-order valence-corrected chi connectivity index (χ4v) is 3.32. The Bertz CT molecular complexity index is 493.